The standard InChI is InChI=1S/C14H15IN2/c1-9-5-7-10(8-6-9)12-13(11-3-2-4-11)16-17-14(12)15/h5-8,11H,2-4H2,1H3,(H,16,17). The van der Waals surface area contributed by atoms with E-state index in [2.05, 4.69) is 64.0 Å². The quantitative estimate of drug-likeness (QED) is 0.815. The van der Waals surface area contributed by atoms with Gasteiger partial charge in [0.25, 0.3) is 0 Å². The Bertz CT molecular complexity index is 524. The topological polar surface area (TPSA) is 28.7 Å². The van der Waals surface area contributed by atoms with Crippen molar-refractivity contribution in [3.8, 4) is 11.1 Å². The predicted molar refractivity (Wildman–Crippen MR) is 78.1 cm³/mol. The van der Waals surface area contributed by atoms with Crippen LogP contribution < -0.4 is 0 Å². The highest BCUT2D eigenvalue weighted by Crippen LogP contribution is 2.41. The second-order valence-electron chi connectivity index (χ2n) is 4.80. The van der Waals surface area contributed by atoms with Crippen molar-refractivity contribution in [1.29, 1.82) is 0 Å². The molecule has 1 N–H and O–H groups in total. The van der Waals surface area contributed by atoms with E-state index in [1.807, 2.05) is 0 Å². The van der Waals surface area contributed by atoms with Crippen LogP contribution in [-0.4, -0.2) is 10.2 Å². The Morgan fingerprint density at radius 2 is 1.94 bits per heavy atom. The van der Waals surface area contributed by atoms with E-state index in [1.54, 1.807) is 0 Å². The molecule has 17 heavy (non-hydrogen) atoms. The summed E-state index contributed by atoms with van der Waals surface area (Å²) in [5.41, 5.74) is 5.24. The van der Waals surface area contributed by atoms with Crippen molar-refractivity contribution >= 4 is 22.6 Å². The molecule has 0 amide bonds. The van der Waals surface area contributed by atoms with Gasteiger partial charge in [-0.3, -0.25) is 5.10 Å². The van der Waals surface area contributed by atoms with E-state index in [-0.39, 0.29) is 0 Å². The number of nitrogens with one attached hydrogen (secondary N) is 1. The molecule has 1 aliphatic rings. The fraction of sp³-hybridized carbons (Fsp3) is 0.357. The van der Waals surface area contributed by atoms with Gasteiger partial charge in [-0.25, -0.2) is 0 Å². The van der Waals surface area contributed by atoms with Crippen LogP contribution in [0.5, 0.6) is 0 Å². The Morgan fingerprint density at radius 1 is 1.24 bits per heavy atom. The lowest BCUT2D eigenvalue weighted by atomic mass is 9.81. The zero-order valence-corrected chi connectivity index (χ0v) is 12.0. The first-order chi connectivity index (χ1) is 8.25. The molecule has 0 saturated heterocycles. The maximum atomic E-state index is 4.38. The number of aromatic amines is 1. The van der Waals surface area contributed by atoms with Gasteiger partial charge in [0.2, 0.25) is 0 Å². The smallest absolute Gasteiger partial charge is 0.131 e. The van der Waals surface area contributed by atoms with E-state index in [1.165, 1.54) is 41.6 Å². The summed E-state index contributed by atoms with van der Waals surface area (Å²) in [7, 11) is 0. The van der Waals surface area contributed by atoms with Gasteiger partial charge in [-0.05, 0) is 47.9 Å². The third-order valence-corrected chi connectivity index (χ3v) is 4.38. The molecule has 88 valence electrons. The number of aromatic nitrogens is 2. The third kappa shape index (κ3) is 2.01. The minimum Gasteiger partial charge on any atom is -0.281 e. The highest BCUT2D eigenvalue weighted by atomic mass is 127. The van der Waals surface area contributed by atoms with Crippen LogP contribution in [-0.2, 0) is 0 Å². The second-order valence-corrected chi connectivity index (χ2v) is 5.82. The minimum absolute atomic E-state index is 0.697. The van der Waals surface area contributed by atoms with E-state index >= 15 is 0 Å². The van der Waals surface area contributed by atoms with Gasteiger partial charge < -0.3 is 0 Å². The summed E-state index contributed by atoms with van der Waals surface area (Å²) in [6, 6.07) is 8.74. The molecule has 1 heterocycles. The SMILES string of the molecule is Cc1ccc(-c2c(I)n[nH]c2C2CCC2)cc1. The lowest BCUT2D eigenvalue weighted by Crippen LogP contribution is -2.10. The number of benzene rings is 1. The van der Waals surface area contributed by atoms with Crippen LogP contribution in [0, 0.1) is 10.6 Å². The fourth-order valence-corrected chi connectivity index (χ4v) is 3.04. The monoisotopic (exact) mass is 338 g/mol. The minimum atomic E-state index is 0.697. The molecule has 0 unspecified atom stereocenters. The second kappa shape index (κ2) is 4.44. The van der Waals surface area contributed by atoms with E-state index in [4.69, 9.17) is 0 Å². The van der Waals surface area contributed by atoms with Crippen molar-refractivity contribution in [3.05, 3.63) is 39.2 Å². The van der Waals surface area contributed by atoms with Crippen LogP contribution in [0.2, 0.25) is 0 Å². The Balaban J connectivity index is 2.06. The van der Waals surface area contributed by atoms with Gasteiger partial charge in [0, 0.05) is 17.2 Å². The zero-order chi connectivity index (χ0) is 11.8. The van der Waals surface area contributed by atoms with E-state index in [0.29, 0.717) is 5.92 Å². The van der Waals surface area contributed by atoms with Crippen molar-refractivity contribution in [3.63, 3.8) is 0 Å². The molecule has 0 spiro atoms. The summed E-state index contributed by atoms with van der Waals surface area (Å²) in [6.07, 6.45) is 3.96. The number of hydrogen-bond acceptors (Lipinski definition) is 1. The normalized spacial score (nSPS) is 15.9. The molecule has 1 aliphatic carbocycles. The number of halogens is 1. The molecule has 0 bridgehead atoms. The molecular weight excluding hydrogens is 323 g/mol. The summed E-state index contributed by atoms with van der Waals surface area (Å²) in [5, 5.41) is 7.61. The number of rotatable bonds is 2. The van der Waals surface area contributed by atoms with Crippen LogP contribution in [0.25, 0.3) is 11.1 Å². The van der Waals surface area contributed by atoms with Crippen molar-refractivity contribution in [2.45, 2.75) is 32.1 Å². The fourth-order valence-electron chi connectivity index (χ4n) is 2.32. The van der Waals surface area contributed by atoms with Gasteiger partial charge >= 0.3 is 0 Å². The average Bonchev–Trinajstić information content (AvgIpc) is 2.60. The molecule has 2 nitrogen and oxygen atoms in total. The van der Waals surface area contributed by atoms with Crippen LogP contribution in [0.1, 0.15) is 36.4 Å². The zero-order valence-electron chi connectivity index (χ0n) is 9.83. The van der Waals surface area contributed by atoms with Gasteiger partial charge in [0.15, 0.2) is 0 Å². The predicted octanol–water partition coefficient (Wildman–Crippen LogP) is 4.26. The molecule has 0 aliphatic heterocycles. The molecule has 0 atom stereocenters. The first-order valence-electron chi connectivity index (χ1n) is 6.06. The van der Waals surface area contributed by atoms with Gasteiger partial charge in [0.1, 0.15) is 3.70 Å². The Morgan fingerprint density at radius 3 is 2.53 bits per heavy atom. The Labute approximate surface area is 115 Å². The van der Waals surface area contributed by atoms with Gasteiger partial charge in [0.05, 0.1) is 0 Å². The summed E-state index contributed by atoms with van der Waals surface area (Å²) in [4.78, 5) is 0. The van der Waals surface area contributed by atoms with Crippen molar-refractivity contribution in [2.75, 3.05) is 0 Å². The molecule has 3 heteroatoms. The molecule has 3 rings (SSSR count). The number of H-pyrrole nitrogens is 1. The molecule has 1 saturated carbocycles. The van der Waals surface area contributed by atoms with Crippen molar-refractivity contribution in [2.24, 2.45) is 0 Å². The summed E-state index contributed by atoms with van der Waals surface area (Å²) >= 11 is 2.32. The molecule has 1 fully saturated rings. The van der Waals surface area contributed by atoms with Crippen LogP contribution in [0.15, 0.2) is 24.3 Å². The van der Waals surface area contributed by atoms with E-state index in [0.717, 1.165) is 3.70 Å². The molecule has 0 radical (unpaired) electrons. The average molecular weight is 338 g/mol. The lowest BCUT2D eigenvalue weighted by molar-refractivity contribution is 0.411. The van der Waals surface area contributed by atoms with Crippen LogP contribution >= 0.6 is 22.6 Å². The highest BCUT2D eigenvalue weighted by molar-refractivity contribution is 14.1. The third-order valence-electron chi connectivity index (χ3n) is 3.60. The first-order valence-corrected chi connectivity index (χ1v) is 7.14. The van der Waals surface area contributed by atoms with Gasteiger partial charge in [-0.2, -0.15) is 5.10 Å². The maximum Gasteiger partial charge on any atom is 0.131 e. The maximum absolute atomic E-state index is 4.38. The Hall–Kier alpha value is -0.840. The summed E-state index contributed by atoms with van der Waals surface area (Å²) in [6.45, 7) is 2.12. The first kappa shape index (κ1) is 11.3. The van der Waals surface area contributed by atoms with Gasteiger partial charge in [-0.1, -0.05) is 36.2 Å². The number of nitrogens with zero attached hydrogens (tertiary/aromatic N) is 1. The number of hydrogen-bond donors (Lipinski definition) is 1. The molecule has 1 aromatic carbocycles. The highest BCUT2D eigenvalue weighted by Gasteiger charge is 2.26. The summed E-state index contributed by atoms with van der Waals surface area (Å²) < 4.78 is 1.09. The van der Waals surface area contributed by atoms with Crippen LogP contribution in [0.3, 0.4) is 0 Å². The van der Waals surface area contributed by atoms with Gasteiger partial charge in [-0.15, -0.1) is 0 Å². The summed E-state index contributed by atoms with van der Waals surface area (Å²) in [5.74, 6) is 0.697. The molecule has 1 aromatic heterocycles. The van der Waals surface area contributed by atoms with Crippen LogP contribution in [0.4, 0.5) is 0 Å². The van der Waals surface area contributed by atoms with E-state index < -0.39 is 0 Å². The molecular formula is C14H15IN2. The molecule has 2 aromatic rings. The number of aryl methyl sites for hydroxylation is 1. The Kier molecular flexibility index (Phi) is 2.94. The largest absolute Gasteiger partial charge is 0.281 e. The lowest BCUT2D eigenvalue weighted by Gasteiger charge is -2.25. The van der Waals surface area contributed by atoms with E-state index in [9.17, 15) is 0 Å². The van der Waals surface area contributed by atoms with Crippen molar-refractivity contribution in [1.82, 2.24) is 10.2 Å². The van der Waals surface area contributed by atoms with Crippen molar-refractivity contribution < 1.29 is 0 Å².